The van der Waals surface area contributed by atoms with Crippen molar-refractivity contribution in [2.75, 3.05) is 11.9 Å². The van der Waals surface area contributed by atoms with Crippen molar-refractivity contribution in [1.82, 2.24) is 15.5 Å². The third-order valence-electron chi connectivity index (χ3n) is 4.12. The number of nitrogens with one attached hydrogen (secondary N) is 3. The molecule has 7 heteroatoms. The smallest absolute Gasteiger partial charge is 0.269 e. The fraction of sp³-hybridized carbons (Fsp3) is 0.150. The summed E-state index contributed by atoms with van der Waals surface area (Å²) in [5.41, 5.74) is 4.44. The monoisotopic (exact) mass is 382 g/mol. The topological polar surface area (TPSA) is 86.9 Å². The number of hydrogen-bond donors (Lipinski definition) is 3. The van der Waals surface area contributed by atoms with Gasteiger partial charge < -0.3 is 10.6 Å². The molecule has 3 N–H and O–H groups in total. The SMILES string of the molecule is Cc1cccc(C)c1NC(=O)CNC(=O)c1cc(-c2ccc(Cl)cc2)n[nH]1. The molecule has 0 saturated carbocycles. The van der Waals surface area contributed by atoms with Gasteiger partial charge in [-0.05, 0) is 43.2 Å². The van der Waals surface area contributed by atoms with E-state index in [-0.39, 0.29) is 18.1 Å². The Hall–Kier alpha value is -3.12. The predicted molar refractivity (Wildman–Crippen MR) is 106 cm³/mol. The van der Waals surface area contributed by atoms with Crippen LogP contribution in [0.1, 0.15) is 21.6 Å². The molecule has 0 saturated heterocycles. The number of carbonyl (C=O) groups excluding carboxylic acids is 2. The molecule has 0 fully saturated rings. The molecular formula is C20H19ClN4O2. The molecule has 0 atom stereocenters. The van der Waals surface area contributed by atoms with Gasteiger partial charge in [-0.15, -0.1) is 0 Å². The lowest BCUT2D eigenvalue weighted by Crippen LogP contribution is -2.33. The Morgan fingerprint density at radius 3 is 2.41 bits per heavy atom. The standard InChI is InChI=1S/C20H19ClN4O2/c1-12-4-3-5-13(2)19(12)23-18(26)11-22-20(27)17-10-16(24-25-17)14-6-8-15(21)9-7-14/h3-10H,11H2,1-2H3,(H,22,27)(H,23,26)(H,24,25). The van der Waals surface area contributed by atoms with Crippen LogP contribution >= 0.6 is 11.6 Å². The predicted octanol–water partition coefficient (Wildman–Crippen LogP) is 3.72. The van der Waals surface area contributed by atoms with Crippen LogP contribution in [0.2, 0.25) is 5.02 Å². The van der Waals surface area contributed by atoms with Crippen molar-refractivity contribution in [2.24, 2.45) is 0 Å². The quantitative estimate of drug-likeness (QED) is 0.628. The van der Waals surface area contributed by atoms with Crippen LogP contribution in [0.25, 0.3) is 11.3 Å². The van der Waals surface area contributed by atoms with Crippen LogP contribution in [0.15, 0.2) is 48.5 Å². The largest absolute Gasteiger partial charge is 0.342 e. The molecular weight excluding hydrogens is 364 g/mol. The van der Waals surface area contributed by atoms with Crippen molar-refractivity contribution in [3.63, 3.8) is 0 Å². The Kier molecular flexibility index (Phi) is 5.57. The number of aromatic nitrogens is 2. The number of amides is 2. The third-order valence-corrected chi connectivity index (χ3v) is 4.37. The molecule has 0 aliphatic heterocycles. The van der Waals surface area contributed by atoms with Crippen molar-refractivity contribution in [1.29, 1.82) is 0 Å². The van der Waals surface area contributed by atoms with Gasteiger partial charge in [0.1, 0.15) is 5.69 Å². The Morgan fingerprint density at radius 2 is 1.74 bits per heavy atom. The van der Waals surface area contributed by atoms with E-state index >= 15 is 0 Å². The van der Waals surface area contributed by atoms with Crippen LogP contribution < -0.4 is 10.6 Å². The maximum atomic E-state index is 12.3. The number of aryl methyl sites for hydroxylation is 2. The maximum absolute atomic E-state index is 12.3. The van der Waals surface area contributed by atoms with Crippen LogP contribution in [0.5, 0.6) is 0 Å². The third kappa shape index (κ3) is 4.54. The van der Waals surface area contributed by atoms with E-state index in [4.69, 9.17) is 11.6 Å². The van der Waals surface area contributed by atoms with Crippen LogP contribution in [-0.2, 0) is 4.79 Å². The highest BCUT2D eigenvalue weighted by Gasteiger charge is 2.13. The number of para-hydroxylation sites is 1. The molecule has 0 bridgehead atoms. The van der Waals surface area contributed by atoms with E-state index in [1.54, 1.807) is 18.2 Å². The van der Waals surface area contributed by atoms with E-state index in [1.807, 2.05) is 44.2 Å². The average Bonchev–Trinajstić information content (AvgIpc) is 3.14. The molecule has 0 aliphatic rings. The molecule has 27 heavy (non-hydrogen) atoms. The number of H-pyrrole nitrogens is 1. The van der Waals surface area contributed by atoms with Gasteiger partial charge in [0.25, 0.3) is 5.91 Å². The van der Waals surface area contributed by atoms with E-state index in [0.29, 0.717) is 10.7 Å². The number of hydrogen-bond acceptors (Lipinski definition) is 3. The number of anilines is 1. The summed E-state index contributed by atoms with van der Waals surface area (Å²) in [7, 11) is 0. The van der Waals surface area contributed by atoms with Gasteiger partial charge in [0.2, 0.25) is 5.91 Å². The van der Waals surface area contributed by atoms with E-state index in [2.05, 4.69) is 20.8 Å². The fourth-order valence-corrected chi connectivity index (χ4v) is 2.78. The molecule has 3 aromatic rings. The molecule has 1 heterocycles. The Morgan fingerprint density at radius 1 is 1.07 bits per heavy atom. The van der Waals surface area contributed by atoms with Crippen molar-refractivity contribution in [2.45, 2.75) is 13.8 Å². The summed E-state index contributed by atoms with van der Waals surface area (Å²) >= 11 is 5.87. The number of benzene rings is 2. The summed E-state index contributed by atoms with van der Waals surface area (Å²) in [5.74, 6) is -0.697. The lowest BCUT2D eigenvalue weighted by atomic mass is 10.1. The zero-order valence-corrected chi connectivity index (χ0v) is 15.7. The minimum absolute atomic E-state index is 0.137. The summed E-state index contributed by atoms with van der Waals surface area (Å²) in [6, 6.07) is 14.5. The molecule has 1 aromatic heterocycles. The van der Waals surface area contributed by atoms with Crippen LogP contribution in [0.4, 0.5) is 5.69 Å². The minimum Gasteiger partial charge on any atom is -0.342 e. The fourth-order valence-electron chi connectivity index (χ4n) is 2.66. The summed E-state index contributed by atoms with van der Waals surface area (Å²) in [6.07, 6.45) is 0. The first kappa shape index (κ1) is 18.7. The lowest BCUT2D eigenvalue weighted by Gasteiger charge is -2.11. The minimum atomic E-state index is -0.403. The number of halogens is 1. The summed E-state index contributed by atoms with van der Waals surface area (Å²) in [6.45, 7) is 3.70. The molecule has 3 rings (SSSR count). The number of rotatable bonds is 5. The molecule has 2 amide bonds. The first-order valence-corrected chi connectivity index (χ1v) is 8.77. The van der Waals surface area contributed by atoms with E-state index < -0.39 is 5.91 Å². The Bertz CT molecular complexity index is 960. The highest BCUT2D eigenvalue weighted by molar-refractivity contribution is 6.30. The highest BCUT2D eigenvalue weighted by atomic mass is 35.5. The van der Waals surface area contributed by atoms with Crippen molar-refractivity contribution in [3.05, 3.63) is 70.4 Å². The van der Waals surface area contributed by atoms with E-state index in [9.17, 15) is 9.59 Å². The summed E-state index contributed by atoms with van der Waals surface area (Å²) < 4.78 is 0. The van der Waals surface area contributed by atoms with Gasteiger partial charge in [-0.1, -0.05) is 41.9 Å². The molecule has 138 valence electrons. The average molecular weight is 383 g/mol. The Balaban J connectivity index is 1.59. The molecule has 6 nitrogen and oxygen atoms in total. The summed E-state index contributed by atoms with van der Waals surface area (Å²) in [5, 5.41) is 12.9. The number of carbonyl (C=O) groups is 2. The Labute approximate surface area is 161 Å². The second kappa shape index (κ2) is 8.05. The second-order valence-corrected chi connectivity index (χ2v) is 6.61. The molecule has 0 radical (unpaired) electrons. The van der Waals surface area contributed by atoms with Gasteiger partial charge in [0, 0.05) is 16.3 Å². The first-order chi connectivity index (χ1) is 12.9. The van der Waals surface area contributed by atoms with E-state index in [0.717, 1.165) is 22.4 Å². The number of aromatic amines is 1. The molecule has 0 spiro atoms. The van der Waals surface area contributed by atoms with Gasteiger partial charge in [0.15, 0.2) is 0 Å². The van der Waals surface area contributed by atoms with Crippen LogP contribution in [0.3, 0.4) is 0 Å². The van der Waals surface area contributed by atoms with Gasteiger partial charge in [-0.3, -0.25) is 14.7 Å². The van der Waals surface area contributed by atoms with E-state index in [1.165, 1.54) is 0 Å². The maximum Gasteiger partial charge on any atom is 0.269 e. The first-order valence-electron chi connectivity index (χ1n) is 8.39. The number of nitrogens with zero attached hydrogens (tertiary/aromatic N) is 1. The zero-order valence-electron chi connectivity index (χ0n) is 15.0. The van der Waals surface area contributed by atoms with Crippen molar-refractivity contribution in [3.8, 4) is 11.3 Å². The zero-order chi connectivity index (χ0) is 19.4. The lowest BCUT2D eigenvalue weighted by molar-refractivity contribution is -0.115. The van der Waals surface area contributed by atoms with Gasteiger partial charge in [-0.25, -0.2) is 0 Å². The van der Waals surface area contributed by atoms with Crippen LogP contribution in [-0.4, -0.2) is 28.6 Å². The molecule has 0 aliphatic carbocycles. The normalized spacial score (nSPS) is 10.5. The van der Waals surface area contributed by atoms with Gasteiger partial charge in [-0.2, -0.15) is 5.10 Å². The second-order valence-electron chi connectivity index (χ2n) is 6.17. The highest BCUT2D eigenvalue weighted by Crippen LogP contribution is 2.20. The molecule has 2 aromatic carbocycles. The van der Waals surface area contributed by atoms with Crippen LogP contribution in [0, 0.1) is 13.8 Å². The van der Waals surface area contributed by atoms with Gasteiger partial charge in [0.05, 0.1) is 12.2 Å². The van der Waals surface area contributed by atoms with Crippen molar-refractivity contribution < 1.29 is 9.59 Å². The summed E-state index contributed by atoms with van der Waals surface area (Å²) in [4.78, 5) is 24.4. The molecule has 0 unspecified atom stereocenters. The van der Waals surface area contributed by atoms with Gasteiger partial charge >= 0.3 is 0 Å². The van der Waals surface area contributed by atoms with Crippen molar-refractivity contribution >= 4 is 29.1 Å².